The molecule has 0 spiro atoms. The summed E-state index contributed by atoms with van der Waals surface area (Å²) in [7, 11) is -3.38. The Balaban J connectivity index is 2.66. The number of amides is 1. The second-order valence-electron chi connectivity index (χ2n) is 4.60. The Kier molecular flexibility index (Phi) is 6.09. The summed E-state index contributed by atoms with van der Waals surface area (Å²) in [5.41, 5.74) is 6.00. The van der Waals surface area contributed by atoms with E-state index in [4.69, 9.17) is 5.73 Å². The van der Waals surface area contributed by atoms with Gasteiger partial charge in [0.25, 0.3) is 0 Å². The minimum Gasteiger partial charge on any atom is -0.369 e. The van der Waals surface area contributed by atoms with Gasteiger partial charge in [-0.15, -0.1) is 0 Å². The fourth-order valence-electron chi connectivity index (χ4n) is 1.75. The summed E-state index contributed by atoms with van der Waals surface area (Å²) in [6.45, 7) is 1.71. The summed E-state index contributed by atoms with van der Waals surface area (Å²) in [4.78, 5) is 11.4. The highest BCUT2D eigenvalue weighted by atomic mass is 32.2. The van der Waals surface area contributed by atoms with Crippen molar-refractivity contribution in [1.29, 1.82) is 0 Å². The lowest BCUT2D eigenvalue weighted by Gasteiger charge is -2.14. The maximum absolute atomic E-state index is 12.8. The maximum Gasteiger partial charge on any atom is 0.222 e. The molecule has 0 saturated heterocycles. The summed E-state index contributed by atoms with van der Waals surface area (Å²) in [5, 5.41) is 0. The number of primary amides is 1. The topological polar surface area (TPSA) is 89.3 Å². The van der Waals surface area contributed by atoms with Gasteiger partial charge in [0.2, 0.25) is 15.9 Å². The lowest BCUT2D eigenvalue weighted by Crippen LogP contribution is -2.38. The van der Waals surface area contributed by atoms with Gasteiger partial charge in [0.15, 0.2) is 0 Å². The molecule has 0 unspecified atom stereocenters. The van der Waals surface area contributed by atoms with Gasteiger partial charge in [-0.25, -0.2) is 17.5 Å². The zero-order chi connectivity index (χ0) is 15.2. The van der Waals surface area contributed by atoms with Crippen LogP contribution in [-0.4, -0.2) is 26.6 Å². The SMILES string of the molecule is CCCS(=O)(=O)NC[C@H](Cc1ccc(F)cc1)C(N)=O. The highest BCUT2D eigenvalue weighted by molar-refractivity contribution is 7.89. The Morgan fingerprint density at radius 3 is 2.45 bits per heavy atom. The van der Waals surface area contributed by atoms with Gasteiger partial charge >= 0.3 is 0 Å². The molecule has 5 nitrogen and oxygen atoms in total. The van der Waals surface area contributed by atoms with Crippen molar-refractivity contribution in [3.05, 3.63) is 35.6 Å². The van der Waals surface area contributed by atoms with E-state index < -0.39 is 21.8 Å². The van der Waals surface area contributed by atoms with Gasteiger partial charge in [-0.05, 0) is 30.5 Å². The molecule has 1 rings (SSSR count). The van der Waals surface area contributed by atoms with Gasteiger partial charge in [-0.1, -0.05) is 19.1 Å². The highest BCUT2D eigenvalue weighted by Gasteiger charge is 2.19. The van der Waals surface area contributed by atoms with E-state index in [0.717, 1.165) is 5.56 Å². The number of halogens is 1. The summed E-state index contributed by atoms with van der Waals surface area (Å²) in [6.07, 6.45) is 0.763. The van der Waals surface area contributed by atoms with E-state index in [9.17, 15) is 17.6 Å². The summed E-state index contributed by atoms with van der Waals surface area (Å²) in [6, 6.07) is 5.67. The van der Waals surface area contributed by atoms with E-state index >= 15 is 0 Å². The quantitative estimate of drug-likeness (QED) is 0.744. The largest absolute Gasteiger partial charge is 0.369 e. The average Bonchev–Trinajstić information content (AvgIpc) is 2.36. The molecule has 0 radical (unpaired) electrons. The molecular formula is C13H19FN2O3S. The Morgan fingerprint density at radius 1 is 1.35 bits per heavy atom. The summed E-state index contributed by atoms with van der Waals surface area (Å²) in [5.74, 6) is -1.61. The smallest absolute Gasteiger partial charge is 0.222 e. The lowest BCUT2D eigenvalue weighted by atomic mass is 9.99. The first-order valence-electron chi connectivity index (χ1n) is 6.35. The molecule has 1 atom stereocenters. The number of sulfonamides is 1. The number of carbonyl (C=O) groups excluding carboxylic acids is 1. The Morgan fingerprint density at radius 2 is 1.95 bits per heavy atom. The molecule has 112 valence electrons. The van der Waals surface area contributed by atoms with Crippen molar-refractivity contribution in [3.8, 4) is 0 Å². The fraction of sp³-hybridized carbons (Fsp3) is 0.462. The first kappa shape index (κ1) is 16.6. The molecule has 20 heavy (non-hydrogen) atoms. The molecule has 1 amide bonds. The molecule has 0 saturated carbocycles. The molecule has 0 aliphatic rings. The molecule has 0 bridgehead atoms. The van der Waals surface area contributed by atoms with Gasteiger partial charge < -0.3 is 5.73 Å². The van der Waals surface area contributed by atoms with Gasteiger partial charge in [0, 0.05) is 6.54 Å². The van der Waals surface area contributed by atoms with Crippen LogP contribution in [0.15, 0.2) is 24.3 Å². The van der Waals surface area contributed by atoms with E-state index in [1.54, 1.807) is 19.1 Å². The number of carbonyl (C=O) groups is 1. The van der Waals surface area contributed by atoms with Crippen molar-refractivity contribution in [2.45, 2.75) is 19.8 Å². The van der Waals surface area contributed by atoms with Crippen molar-refractivity contribution in [2.75, 3.05) is 12.3 Å². The molecule has 0 aliphatic carbocycles. The minimum absolute atomic E-state index is 0.00896. The van der Waals surface area contributed by atoms with Crippen molar-refractivity contribution in [3.63, 3.8) is 0 Å². The number of hydrogen-bond donors (Lipinski definition) is 2. The van der Waals surface area contributed by atoms with Crippen LogP contribution in [0.5, 0.6) is 0 Å². The summed E-state index contributed by atoms with van der Waals surface area (Å²) >= 11 is 0. The molecule has 0 heterocycles. The van der Waals surface area contributed by atoms with Crippen LogP contribution >= 0.6 is 0 Å². The Hall–Kier alpha value is -1.47. The number of nitrogens with two attached hydrogens (primary N) is 1. The Labute approximate surface area is 118 Å². The second kappa shape index (κ2) is 7.35. The van der Waals surface area contributed by atoms with E-state index in [2.05, 4.69) is 4.72 Å². The highest BCUT2D eigenvalue weighted by Crippen LogP contribution is 2.10. The van der Waals surface area contributed by atoms with Gasteiger partial charge in [0.1, 0.15) is 5.82 Å². The second-order valence-corrected chi connectivity index (χ2v) is 6.52. The predicted molar refractivity (Wildman–Crippen MR) is 74.9 cm³/mol. The maximum atomic E-state index is 12.8. The number of nitrogens with one attached hydrogen (secondary N) is 1. The van der Waals surface area contributed by atoms with E-state index in [0.29, 0.717) is 6.42 Å². The minimum atomic E-state index is -3.38. The van der Waals surface area contributed by atoms with E-state index in [1.807, 2.05) is 0 Å². The van der Waals surface area contributed by atoms with Gasteiger partial charge in [-0.2, -0.15) is 0 Å². The molecule has 3 N–H and O–H groups in total. The standard InChI is InChI=1S/C13H19FN2O3S/c1-2-7-20(18,19)16-9-11(13(15)17)8-10-3-5-12(14)6-4-10/h3-6,11,16H,2,7-9H2,1H3,(H2,15,17)/t11-/m0/s1. The van der Waals surface area contributed by atoms with Crippen LogP contribution in [-0.2, 0) is 21.2 Å². The van der Waals surface area contributed by atoms with E-state index in [-0.39, 0.29) is 24.5 Å². The summed E-state index contributed by atoms with van der Waals surface area (Å²) < 4.78 is 38.2. The third kappa shape index (κ3) is 5.66. The molecular weight excluding hydrogens is 283 g/mol. The normalized spacial score (nSPS) is 13.1. The predicted octanol–water partition coefficient (Wildman–Crippen LogP) is 0.799. The van der Waals surface area contributed by atoms with Crippen LogP contribution in [0.1, 0.15) is 18.9 Å². The van der Waals surface area contributed by atoms with Crippen LogP contribution in [0.25, 0.3) is 0 Å². The fourth-order valence-corrected chi connectivity index (χ4v) is 2.88. The monoisotopic (exact) mass is 302 g/mol. The van der Waals surface area contributed by atoms with Gasteiger partial charge in [0.05, 0.1) is 11.7 Å². The molecule has 0 aliphatic heterocycles. The molecule has 7 heteroatoms. The third-order valence-electron chi connectivity index (χ3n) is 2.82. The van der Waals surface area contributed by atoms with Crippen molar-refractivity contribution in [2.24, 2.45) is 11.7 Å². The van der Waals surface area contributed by atoms with Crippen LogP contribution in [0.2, 0.25) is 0 Å². The van der Waals surface area contributed by atoms with Crippen LogP contribution in [0, 0.1) is 11.7 Å². The Bertz CT molecular complexity index is 543. The zero-order valence-electron chi connectivity index (χ0n) is 11.3. The molecule has 1 aromatic rings. The lowest BCUT2D eigenvalue weighted by molar-refractivity contribution is -0.121. The average molecular weight is 302 g/mol. The first-order chi connectivity index (χ1) is 9.34. The number of rotatable bonds is 8. The zero-order valence-corrected chi connectivity index (χ0v) is 12.1. The third-order valence-corrected chi connectivity index (χ3v) is 4.37. The first-order valence-corrected chi connectivity index (χ1v) is 8.00. The van der Waals surface area contributed by atoms with Crippen LogP contribution < -0.4 is 10.5 Å². The number of hydrogen-bond acceptors (Lipinski definition) is 3. The van der Waals surface area contributed by atoms with E-state index in [1.165, 1.54) is 12.1 Å². The number of benzene rings is 1. The van der Waals surface area contributed by atoms with Crippen LogP contribution in [0.3, 0.4) is 0 Å². The van der Waals surface area contributed by atoms with Crippen molar-refractivity contribution >= 4 is 15.9 Å². The molecule has 0 fully saturated rings. The van der Waals surface area contributed by atoms with Gasteiger partial charge in [-0.3, -0.25) is 4.79 Å². The molecule has 0 aromatic heterocycles. The van der Waals surface area contributed by atoms with Crippen molar-refractivity contribution < 1.29 is 17.6 Å². The van der Waals surface area contributed by atoms with Crippen LogP contribution in [0.4, 0.5) is 4.39 Å². The molecule has 1 aromatic carbocycles. The van der Waals surface area contributed by atoms with Crippen molar-refractivity contribution in [1.82, 2.24) is 4.72 Å².